The zero-order chi connectivity index (χ0) is 51.1. The van der Waals surface area contributed by atoms with E-state index in [9.17, 15) is 33.5 Å². The molecule has 4 aromatic carbocycles. The highest BCUT2D eigenvalue weighted by Gasteiger charge is 2.45. The molecule has 384 valence electrons. The van der Waals surface area contributed by atoms with E-state index in [1.165, 1.54) is 22.9 Å². The van der Waals surface area contributed by atoms with Gasteiger partial charge in [0.2, 0.25) is 29.5 Å². The number of aromatic nitrogens is 4. The number of aryl methyl sites for hydroxylation is 2. The van der Waals surface area contributed by atoms with Crippen molar-refractivity contribution >= 4 is 57.9 Å². The Morgan fingerprint density at radius 2 is 1.47 bits per heavy atom. The van der Waals surface area contributed by atoms with Gasteiger partial charge in [-0.05, 0) is 85.7 Å². The summed E-state index contributed by atoms with van der Waals surface area (Å²) in [7, 11) is 0. The number of carbonyl (C=O) groups is 5. The molecule has 1 fully saturated rings. The van der Waals surface area contributed by atoms with Crippen LogP contribution in [0.4, 0.5) is 10.1 Å². The van der Waals surface area contributed by atoms with Crippen LogP contribution in [-0.4, -0.2) is 144 Å². The Balaban J connectivity index is 0.640. The van der Waals surface area contributed by atoms with Crippen LogP contribution in [0.2, 0.25) is 5.02 Å². The number of imidazole rings is 1. The Bertz CT molecular complexity index is 2890. The monoisotopic (exact) mass is 1020 g/mol. The van der Waals surface area contributed by atoms with Crippen LogP contribution in [0.5, 0.6) is 5.88 Å². The number of amides is 5. The lowest BCUT2D eigenvalue weighted by Crippen LogP contribution is -2.54. The molecule has 2 aromatic heterocycles. The van der Waals surface area contributed by atoms with E-state index in [0.29, 0.717) is 99.0 Å². The smallest absolute Gasteiger partial charge is 0.264 e. The number of H-pyrrole nitrogens is 1. The third-order valence-corrected chi connectivity index (χ3v) is 12.3. The fraction of sp³-hybridized carbons (Fsp3) is 0.365. The molecule has 0 radical (unpaired) electrons. The Labute approximate surface area is 424 Å². The van der Waals surface area contributed by atoms with Crippen LogP contribution in [0.1, 0.15) is 56.7 Å². The molecule has 5 N–H and O–H groups in total. The van der Waals surface area contributed by atoms with Crippen molar-refractivity contribution in [3.8, 4) is 23.1 Å². The molecular formula is C52H56ClFN8O11. The number of aromatic hydroxyl groups is 1. The number of nitrogens with one attached hydrogen (secondary N) is 4. The Morgan fingerprint density at radius 1 is 0.781 bits per heavy atom. The SMILES string of the molecule is O=C(COCCOCCOCCCc1ccc(-c2nn(-c3nc4cc(Cl)ccc4[nH]3)c(O)c2CCc2ccc(F)cc2)cc1)NCCOCCOCCNc1cccc2c1C(=O)N(C1CCC(=O)NC1=O)C2=O. The number of anilines is 1. The van der Waals surface area contributed by atoms with Gasteiger partial charge in [0, 0.05) is 48.0 Å². The van der Waals surface area contributed by atoms with E-state index in [0.717, 1.165) is 39.9 Å². The predicted octanol–water partition coefficient (Wildman–Crippen LogP) is 5.34. The lowest BCUT2D eigenvalue weighted by Gasteiger charge is -2.27. The zero-order valence-electron chi connectivity index (χ0n) is 40.0. The zero-order valence-corrected chi connectivity index (χ0v) is 40.7. The first-order chi connectivity index (χ1) is 35.5. The van der Waals surface area contributed by atoms with E-state index < -0.39 is 29.7 Å². The van der Waals surface area contributed by atoms with E-state index >= 15 is 0 Å². The van der Waals surface area contributed by atoms with Gasteiger partial charge in [-0.2, -0.15) is 9.78 Å². The van der Waals surface area contributed by atoms with Crippen molar-refractivity contribution in [1.29, 1.82) is 0 Å². The lowest BCUT2D eigenvalue weighted by molar-refractivity contribution is -0.136. The third kappa shape index (κ3) is 13.7. The highest BCUT2D eigenvalue weighted by atomic mass is 35.5. The van der Waals surface area contributed by atoms with Gasteiger partial charge in [0.25, 0.3) is 11.8 Å². The van der Waals surface area contributed by atoms with Gasteiger partial charge in [-0.1, -0.05) is 54.1 Å². The summed E-state index contributed by atoms with van der Waals surface area (Å²) >= 11 is 6.19. The van der Waals surface area contributed by atoms with Crippen molar-refractivity contribution in [3.63, 3.8) is 0 Å². The number of fused-ring (bicyclic) bond motifs is 2. The van der Waals surface area contributed by atoms with Crippen molar-refractivity contribution in [2.75, 3.05) is 84.5 Å². The number of benzene rings is 4. The molecule has 0 spiro atoms. The third-order valence-electron chi connectivity index (χ3n) is 12.1. The van der Waals surface area contributed by atoms with E-state index in [4.69, 9.17) is 40.4 Å². The van der Waals surface area contributed by atoms with Crippen molar-refractivity contribution < 1.29 is 57.2 Å². The summed E-state index contributed by atoms with van der Waals surface area (Å²) in [4.78, 5) is 71.0. The summed E-state index contributed by atoms with van der Waals surface area (Å²) in [5.41, 5.74) is 6.36. The van der Waals surface area contributed by atoms with Crippen LogP contribution in [0.3, 0.4) is 0 Å². The molecule has 21 heteroatoms. The van der Waals surface area contributed by atoms with Gasteiger partial charge >= 0.3 is 0 Å². The van der Waals surface area contributed by atoms with Gasteiger partial charge in [0.05, 0.1) is 75.0 Å². The first kappa shape index (κ1) is 52.3. The summed E-state index contributed by atoms with van der Waals surface area (Å²) in [5, 5.41) is 24.9. The molecule has 73 heavy (non-hydrogen) atoms. The summed E-state index contributed by atoms with van der Waals surface area (Å²) in [6, 6.07) is 23.5. The molecule has 1 unspecified atom stereocenters. The average molecular weight is 1020 g/mol. The Morgan fingerprint density at radius 3 is 2.22 bits per heavy atom. The van der Waals surface area contributed by atoms with Crippen LogP contribution < -0.4 is 16.0 Å². The second kappa shape index (κ2) is 25.5. The maximum Gasteiger partial charge on any atom is 0.264 e. The molecule has 0 bridgehead atoms. The number of carbonyl (C=O) groups excluding carboxylic acids is 5. The molecule has 0 aliphatic carbocycles. The number of hydrogen-bond donors (Lipinski definition) is 5. The Hall–Kier alpha value is -7.07. The molecule has 2 aliphatic rings. The highest BCUT2D eigenvalue weighted by molar-refractivity contribution is 6.31. The second-order valence-corrected chi connectivity index (χ2v) is 17.6. The summed E-state index contributed by atoms with van der Waals surface area (Å²) < 4.78 is 42.8. The molecule has 19 nitrogen and oxygen atoms in total. The number of rotatable bonds is 28. The van der Waals surface area contributed by atoms with E-state index in [2.05, 4.69) is 25.9 Å². The maximum atomic E-state index is 13.6. The number of piperidine rings is 1. The fourth-order valence-electron chi connectivity index (χ4n) is 8.41. The van der Waals surface area contributed by atoms with Gasteiger partial charge in [0.1, 0.15) is 24.2 Å². The quantitative estimate of drug-likeness (QED) is 0.0308. The van der Waals surface area contributed by atoms with Gasteiger partial charge in [-0.3, -0.25) is 34.2 Å². The van der Waals surface area contributed by atoms with Gasteiger partial charge in [-0.15, -0.1) is 0 Å². The number of ether oxygens (including phenoxy) is 5. The lowest BCUT2D eigenvalue weighted by atomic mass is 9.99. The largest absolute Gasteiger partial charge is 0.493 e. The summed E-state index contributed by atoms with van der Waals surface area (Å²) in [6.45, 7) is 3.60. The maximum absolute atomic E-state index is 13.6. The number of nitrogens with zero attached hydrogens (tertiary/aromatic N) is 4. The van der Waals surface area contributed by atoms with Crippen LogP contribution >= 0.6 is 11.6 Å². The molecular weight excluding hydrogens is 967 g/mol. The molecule has 4 heterocycles. The normalized spacial score (nSPS) is 14.5. The average Bonchev–Trinajstić information content (AvgIpc) is 4.03. The summed E-state index contributed by atoms with van der Waals surface area (Å²) in [5.74, 6) is -2.52. The second-order valence-electron chi connectivity index (χ2n) is 17.2. The summed E-state index contributed by atoms with van der Waals surface area (Å²) in [6.07, 6.45) is 2.75. The van der Waals surface area contributed by atoms with Crippen LogP contribution in [-0.2, 0) is 57.3 Å². The van der Waals surface area contributed by atoms with Crippen molar-refractivity contribution in [2.24, 2.45) is 0 Å². The highest BCUT2D eigenvalue weighted by Crippen LogP contribution is 2.35. The van der Waals surface area contributed by atoms with Crippen LogP contribution in [0, 0.1) is 5.82 Å². The number of aromatic amines is 1. The number of halogens is 2. The van der Waals surface area contributed by atoms with E-state index in [1.54, 1.807) is 36.4 Å². The minimum Gasteiger partial charge on any atom is -0.493 e. The van der Waals surface area contributed by atoms with Crippen molar-refractivity contribution in [1.82, 2.24) is 35.3 Å². The van der Waals surface area contributed by atoms with Crippen molar-refractivity contribution in [2.45, 2.75) is 44.6 Å². The van der Waals surface area contributed by atoms with Gasteiger partial charge in [0.15, 0.2) is 0 Å². The van der Waals surface area contributed by atoms with E-state index in [1.807, 2.05) is 30.3 Å². The molecule has 2 aliphatic heterocycles. The molecule has 1 atom stereocenters. The molecule has 5 amide bonds. The van der Waals surface area contributed by atoms with Crippen LogP contribution in [0.15, 0.2) is 84.9 Å². The molecule has 6 aromatic rings. The van der Waals surface area contributed by atoms with E-state index in [-0.39, 0.29) is 68.0 Å². The number of imide groups is 2. The predicted molar refractivity (Wildman–Crippen MR) is 266 cm³/mol. The number of hydrogen-bond acceptors (Lipinski definition) is 14. The van der Waals surface area contributed by atoms with Gasteiger partial charge < -0.3 is 44.4 Å². The first-order valence-corrected chi connectivity index (χ1v) is 24.5. The van der Waals surface area contributed by atoms with Gasteiger partial charge in [-0.25, -0.2) is 9.37 Å². The minimum absolute atomic E-state index is 0.0337. The molecule has 0 saturated carbocycles. The first-order valence-electron chi connectivity index (χ1n) is 24.1. The molecule has 1 saturated heterocycles. The molecule has 8 rings (SSSR count). The van der Waals surface area contributed by atoms with Crippen molar-refractivity contribution in [3.05, 3.63) is 124 Å². The topological polar surface area (TPSA) is 238 Å². The standard InChI is InChI=1S/C52H56ClFN8O11/c53-36-13-17-40-42(31-36)58-52(57-40)62-50(67)39(16-10-34-8-14-37(54)15-9-34)47(60-62)35-11-6-33(7-12-35)3-2-22-69-25-28-72-29-30-73-32-45(64)56-21-24-71-27-26-70-23-20-55-41-5-1-4-38-46(41)51(68)61(49(38)66)43-18-19-44(63)59-48(43)65/h1,4-9,11-15,17,31,43,55,67H,2-3,10,16,18-30,32H2,(H,56,64)(H,57,58)(H,59,63,65). The van der Waals surface area contributed by atoms with Crippen LogP contribution in [0.25, 0.3) is 28.2 Å². The Kier molecular flexibility index (Phi) is 18.3. The minimum atomic E-state index is -1.04. The fourth-order valence-corrected chi connectivity index (χ4v) is 8.57.